The number of hydrogen-bond donors (Lipinski definition) is 3. The van der Waals surface area contributed by atoms with Gasteiger partial charge in [0.2, 0.25) is 5.91 Å². The number of carboxylic acid groups (broad SMARTS) is 1. The Bertz CT molecular complexity index is 1690. The number of hydrogen-bond acceptors (Lipinski definition) is 6. The number of amides is 2. The van der Waals surface area contributed by atoms with E-state index in [0.717, 1.165) is 46.6 Å². The molecule has 0 bridgehead atoms. The van der Waals surface area contributed by atoms with Crippen molar-refractivity contribution < 1.29 is 24.2 Å². The van der Waals surface area contributed by atoms with Crippen LogP contribution >= 0.6 is 0 Å². The molecule has 0 aliphatic heterocycles. The molecule has 3 N–H and O–H groups in total. The molecule has 4 aromatic rings. The second-order valence-electron chi connectivity index (χ2n) is 13.8. The minimum absolute atomic E-state index is 0.0533. The summed E-state index contributed by atoms with van der Waals surface area (Å²) in [5.74, 6) is -0.309. The van der Waals surface area contributed by atoms with Crippen molar-refractivity contribution in [2.45, 2.75) is 97.6 Å². The van der Waals surface area contributed by atoms with Crippen molar-refractivity contribution >= 4 is 17.8 Å². The van der Waals surface area contributed by atoms with Crippen LogP contribution in [0.3, 0.4) is 0 Å². The molecule has 2 unspecified atom stereocenters. The van der Waals surface area contributed by atoms with Crippen LogP contribution in [0.5, 0.6) is 5.75 Å². The number of carboxylic acids is 1. The van der Waals surface area contributed by atoms with Gasteiger partial charge in [-0.2, -0.15) is 0 Å². The van der Waals surface area contributed by atoms with Gasteiger partial charge in [0.1, 0.15) is 17.8 Å². The lowest BCUT2D eigenvalue weighted by molar-refractivity contribution is -0.142. The van der Waals surface area contributed by atoms with E-state index < -0.39 is 29.9 Å². The van der Waals surface area contributed by atoms with E-state index in [4.69, 9.17) is 4.74 Å². The molecule has 0 fully saturated rings. The molecule has 2 atom stereocenters. The predicted octanol–water partition coefficient (Wildman–Crippen LogP) is 8.24. The van der Waals surface area contributed by atoms with E-state index in [0.29, 0.717) is 17.3 Å². The normalized spacial score (nSPS) is 12.4. The fourth-order valence-corrected chi connectivity index (χ4v) is 5.73. The van der Waals surface area contributed by atoms with Gasteiger partial charge in [0.05, 0.1) is 6.61 Å². The van der Waals surface area contributed by atoms with E-state index in [-0.39, 0.29) is 18.8 Å². The van der Waals surface area contributed by atoms with Crippen LogP contribution < -0.4 is 15.4 Å². The van der Waals surface area contributed by atoms with E-state index in [1.807, 2.05) is 74.5 Å². The Kier molecular flexibility index (Phi) is 14.7. The molecule has 4 rings (SSSR count). The summed E-state index contributed by atoms with van der Waals surface area (Å²) in [6.07, 6.45) is 10.0. The summed E-state index contributed by atoms with van der Waals surface area (Å²) >= 11 is 0. The zero-order valence-corrected chi connectivity index (χ0v) is 30.5. The minimum atomic E-state index is -1.11. The van der Waals surface area contributed by atoms with Crippen molar-refractivity contribution in [3.05, 3.63) is 102 Å². The van der Waals surface area contributed by atoms with Crippen LogP contribution in [0.1, 0.15) is 101 Å². The van der Waals surface area contributed by atoms with Crippen molar-refractivity contribution in [1.29, 1.82) is 0 Å². The molecule has 0 saturated carbocycles. The largest absolute Gasteiger partial charge is 0.494 e. The maximum atomic E-state index is 13.5. The lowest BCUT2D eigenvalue weighted by atomic mass is 10.00. The molecule has 0 spiro atoms. The van der Waals surface area contributed by atoms with Crippen molar-refractivity contribution in [3.63, 3.8) is 0 Å². The third-order valence-corrected chi connectivity index (χ3v) is 8.79. The summed E-state index contributed by atoms with van der Waals surface area (Å²) in [6.45, 7) is 10.9. The Morgan fingerprint density at radius 2 is 1.35 bits per heavy atom. The van der Waals surface area contributed by atoms with E-state index in [2.05, 4.69) is 41.4 Å². The third kappa shape index (κ3) is 12.1. The smallest absolute Gasteiger partial charge is 0.326 e. The van der Waals surface area contributed by atoms with Gasteiger partial charge in [-0.15, -0.1) is 0 Å². The first-order valence-electron chi connectivity index (χ1n) is 18.1. The number of nitrogens with zero attached hydrogens (tertiary/aromatic N) is 2. The summed E-state index contributed by atoms with van der Waals surface area (Å²) < 4.78 is 5.89. The number of aliphatic carboxylic acids is 1. The van der Waals surface area contributed by atoms with Gasteiger partial charge in [0.25, 0.3) is 5.91 Å². The average Bonchev–Trinajstić information content (AvgIpc) is 3.13. The monoisotopic (exact) mass is 692 g/mol. The van der Waals surface area contributed by atoms with Gasteiger partial charge in [-0.1, -0.05) is 109 Å². The van der Waals surface area contributed by atoms with Crippen LogP contribution in [0.2, 0.25) is 0 Å². The summed E-state index contributed by atoms with van der Waals surface area (Å²) in [7, 11) is 0. The maximum Gasteiger partial charge on any atom is 0.326 e. The number of carbonyl (C=O) groups is 3. The minimum Gasteiger partial charge on any atom is -0.494 e. The van der Waals surface area contributed by atoms with Crippen molar-refractivity contribution in [2.75, 3.05) is 6.61 Å². The summed E-state index contributed by atoms with van der Waals surface area (Å²) in [4.78, 5) is 47.9. The van der Waals surface area contributed by atoms with E-state index in [9.17, 15) is 19.5 Å². The van der Waals surface area contributed by atoms with Crippen LogP contribution in [0.15, 0.2) is 85.2 Å². The molecule has 9 nitrogen and oxygen atoms in total. The third-order valence-electron chi connectivity index (χ3n) is 8.79. The fourth-order valence-electron chi connectivity index (χ4n) is 5.73. The predicted molar refractivity (Wildman–Crippen MR) is 202 cm³/mol. The van der Waals surface area contributed by atoms with Gasteiger partial charge in [0.15, 0.2) is 5.82 Å². The molecule has 2 amide bonds. The van der Waals surface area contributed by atoms with Crippen LogP contribution in [0, 0.1) is 5.92 Å². The highest BCUT2D eigenvalue weighted by Crippen LogP contribution is 2.24. The Hall–Kier alpha value is -5.05. The first-order valence-corrected chi connectivity index (χ1v) is 18.1. The van der Waals surface area contributed by atoms with Crippen molar-refractivity contribution in [1.82, 2.24) is 20.6 Å². The van der Waals surface area contributed by atoms with E-state index in [1.54, 1.807) is 24.5 Å². The summed E-state index contributed by atoms with van der Waals surface area (Å²) in [5, 5.41) is 15.2. The molecule has 0 radical (unpaired) electrons. The van der Waals surface area contributed by atoms with Crippen LogP contribution in [-0.2, 0) is 16.0 Å². The van der Waals surface area contributed by atoms with Gasteiger partial charge >= 0.3 is 5.97 Å². The van der Waals surface area contributed by atoms with Crippen LogP contribution in [0.4, 0.5) is 0 Å². The maximum absolute atomic E-state index is 13.5. The molecule has 0 aliphatic carbocycles. The molecule has 9 heteroatoms. The van der Waals surface area contributed by atoms with E-state index >= 15 is 0 Å². The highest BCUT2D eigenvalue weighted by Gasteiger charge is 2.28. The van der Waals surface area contributed by atoms with Gasteiger partial charge in [0, 0.05) is 35.5 Å². The number of rotatable bonds is 19. The highest BCUT2D eigenvalue weighted by molar-refractivity contribution is 5.98. The Balaban J connectivity index is 1.42. The van der Waals surface area contributed by atoms with Gasteiger partial charge in [-0.3, -0.25) is 9.59 Å². The quantitative estimate of drug-likeness (QED) is 0.0844. The topological polar surface area (TPSA) is 131 Å². The number of aromatic nitrogens is 2. The highest BCUT2D eigenvalue weighted by atomic mass is 16.5. The Morgan fingerprint density at radius 3 is 1.94 bits per heavy atom. The lowest BCUT2D eigenvalue weighted by Crippen LogP contribution is -2.52. The number of nitrogens with one attached hydrogen (secondary N) is 2. The fraction of sp³-hybridized carbons (Fsp3) is 0.405. The zero-order valence-electron chi connectivity index (χ0n) is 30.5. The van der Waals surface area contributed by atoms with Gasteiger partial charge in [-0.05, 0) is 65.6 Å². The first-order chi connectivity index (χ1) is 24.5. The summed E-state index contributed by atoms with van der Waals surface area (Å²) in [6, 6.07) is 20.6. The molecule has 0 saturated heterocycles. The van der Waals surface area contributed by atoms with E-state index in [1.165, 1.54) is 25.7 Å². The number of ether oxygens (including phenoxy) is 1. The number of unbranched alkanes of at least 4 members (excludes halogenated alkanes) is 4. The van der Waals surface area contributed by atoms with Gasteiger partial charge < -0.3 is 20.5 Å². The second-order valence-corrected chi connectivity index (χ2v) is 13.8. The molecule has 0 aliphatic rings. The molecular weight excluding hydrogens is 640 g/mol. The van der Waals surface area contributed by atoms with Crippen LogP contribution in [-0.4, -0.2) is 51.5 Å². The van der Waals surface area contributed by atoms with Crippen molar-refractivity contribution in [3.8, 4) is 28.3 Å². The number of benzene rings is 3. The zero-order chi connectivity index (χ0) is 36.8. The standard InChI is InChI=1S/C42H52N4O5/c1-6-7-8-9-10-23-51-36-21-19-32(20-22-36)35-26-43-39(44-27-35)33-13-11-30(12-14-33)25-37(41(48)46-38(42(49)50)24-28(2)3)45-40(47)34-17-15-31(16-18-34)29(4)5/h11-22,26-29,37-38H,6-10,23-25H2,1-5H3,(H,45,47)(H,46,48)(H,49,50). The second kappa shape index (κ2) is 19.4. The molecule has 270 valence electrons. The molecule has 51 heavy (non-hydrogen) atoms. The molecule has 1 heterocycles. The Labute approximate surface area is 302 Å². The van der Waals surface area contributed by atoms with Crippen LogP contribution in [0.25, 0.3) is 22.5 Å². The molecular formula is C42H52N4O5. The van der Waals surface area contributed by atoms with Gasteiger partial charge in [-0.25, -0.2) is 14.8 Å². The molecule has 1 aromatic heterocycles. The Morgan fingerprint density at radius 1 is 0.725 bits per heavy atom. The molecule has 3 aromatic carbocycles. The number of carbonyl (C=O) groups excluding carboxylic acids is 2. The van der Waals surface area contributed by atoms with Crippen molar-refractivity contribution in [2.24, 2.45) is 5.92 Å². The SMILES string of the molecule is CCCCCCCOc1ccc(-c2cnc(-c3ccc(CC(NC(=O)c4ccc(C(C)C)cc4)C(=O)NC(CC(C)C)C(=O)O)cc3)nc2)cc1. The lowest BCUT2D eigenvalue weighted by Gasteiger charge is -2.23. The summed E-state index contributed by atoms with van der Waals surface area (Å²) in [5.41, 5.74) is 4.98. The first kappa shape index (κ1) is 38.7. The average molecular weight is 693 g/mol.